The molecule has 2 atom stereocenters. The number of amides is 2. The van der Waals surface area contributed by atoms with Crippen LogP contribution in [-0.2, 0) is 4.79 Å². The lowest BCUT2D eigenvalue weighted by molar-refractivity contribution is -0.138. The van der Waals surface area contributed by atoms with E-state index in [4.69, 9.17) is 0 Å². The number of likely N-dealkylation sites (N-methyl/N-ethyl adjacent to an activating group) is 1. The molecule has 0 aromatic carbocycles. The molecule has 0 N–H and O–H groups in total. The van der Waals surface area contributed by atoms with Crippen molar-refractivity contribution in [3.63, 3.8) is 0 Å². The smallest absolute Gasteiger partial charge is 0.277 e. The van der Waals surface area contributed by atoms with Gasteiger partial charge in [0.05, 0.1) is 5.92 Å². The molecule has 0 aliphatic carbocycles. The zero-order valence-electron chi connectivity index (χ0n) is 13.7. The number of hydrogen-bond acceptors (Lipinski definition) is 3. The molecule has 2 amide bonds. The van der Waals surface area contributed by atoms with Crippen molar-refractivity contribution in [2.24, 2.45) is 5.92 Å². The lowest BCUT2D eigenvalue weighted by Crippen LogP contribution is -2.45. The van der Waals surface area contributed by atoms with Crippen LogP contribution in [0.2, 0.25) is 0 Å². The molecule has 6 nitrogen and oxygen atoms in total. The fraction of sp³-hybridized carbons (Fsp3) is 0.471. The number of rotatable bonds is 1. The molecule has 2 bridgehead atoms. The van der Waals surface area contributed by atoms with Gasteiger partial charge in [-0.1, -0.05) is 6.07 Å². The lowest BCUT2D eigenvalue weighted by Gasteiger charge is -2.32. The van der Waals surface area contributed by atoms with Crippen molar-refractivity contribution >= 4 is 17.5 Å². The number of hydrogen-bond donors (Lipinski definition) is 0. The Labute approximate surface area is 138 Å². The maximum Gasteiger partial charge on any atom is 0.277 e. The SMILES string of the molecule is Cc1cccn2c(F)c(C(=O)N3C[C@@H]4CC[C@H](C3)N(C)C4=O)nc12. The Morgan fingerprint density at radius 2 is 2.12 bits per heavy atom. The van der Waals surface area contributed by atoms with Gasteiger partial charge in [0, 0.05) is 32.4 Å². The quantitative estimate of drug-likeness (QED) is 0.796. The van der Waals surface area contributed by atoms with Crippen LogP contribution in [0.4, 0.5) is 4.39 Å². The van der Waals surface area contributed by atoms with Gasteiger partial charge in [0.1, 0.15) is 5.65 Å². The van der Waals surface area contributed by atoms with Gasteiger partial charge in [-0.05, 0) is 31.4 Å². The third-order valence-electron chi connectivity index (χ3n) is 5.24. The van der Waals surface area contributed by atoms with E-state index < -0.39 is 11.9 Å². The Morgan fingerprint density at radius 1 is 1.33 bits per heavy atom. The number of nitrogens with zero attached hydrogens (tertiary/aromatic N) is 4. The Bertz CT molecular complexity index is 846. The third-order valence-corrected chi connectivity index (χ3v) is 5.24. The molecule has 5 rings (SSSR count). The number of piperidine rings is 1. The highest BCUT2D eigenvalue weighted by Gasteiger charge is 2.41. The normalized spacial score (nSPS) is 23.9. The Hall–Kier alpha value is -2.44. The second-order valence-electron chi connectivity index (χ2n) is 6.72. The average molecular weight is 330 g/mol. The zero-order chi connectivity index (χ0) is 17.0. The molecule has 5 heterocycles. The second kappa shape index (κ2) is 5.29. The van der Waals surface area contributed by atoms with E-state index in [9.17, 15) is 14.0 Å². The van der Waals surface area contributed by atoms with E-state index in [1.54, 1.807) is 29.1 Å². The first-order chi connectivity index (χ1) is 11.5. The van der Waals surface area contributed by atoms with Crippen molar-refractivity contribution in [3.8, 4) is 0 Å². The number of aromatic nitrogens is 2. The summed E-state index contributed by atoms with van der Waals surface area (Å²) in [7, 11) is 1.78. The summed E-state index contributed by atoms with van der Waals surface area (Å²) in [6.07, 6.45) is 3.22. The van der Waals surface area contributed by atoms with Gasteiger partial charge >= 0.3 is 0 Å². The largest absolute Gasteiger partial charge is 0.341 e. The highest BCUT2D eigenvalue weighted by molar-refractivity contribution is 5.94. The van der Waals surface area contributed by atoms with Crippen molar-refractivity contribution in [1.29, 1.82) is 0 Å². The minimum Gasteiger partial charge on any atom is -0.341 e. The third kappa shape index (κ3) is 2.11. The Morgan fingerprint density at radius 3 is 2.88 bits per heavy atom. The van der Waals surface area contributed by atoms with Crippen molar-refractivity contribution in [2.75, 3.05) is 20.1 Å². The Balaban J connectivity index is 1.71. The van der Waals surface area contributed by atoms with Gasteiger partial charge in [0.15, 0.2) is 5.69 Å². The van der Waals surface area contributed by atoms with Crippen molar-refractivity contribution < 1.29 is 14.0 Å². The van der Waals surface area contributed by atoms with Gasteiger partial charge in [-0.15, -0.1) is 0 Å². The van der Waals surface area contributed by atoms with E-state index in [2.05, 4.69) is 4.98 Å². The minimum atomic E-state index is -0.644. The number of pyridine rings is 1. The molecule has 7 heteroatoms. The fourth-order valence-corrected chi connectivity index (χ4v) is 3.78. The first kappa shape index (κ1) is 15.1. The maximum atomic E-state index is 14.7. The summed E-state index contributed by atoms with van der Waals surface area (Å²) in [6.45, 7) is 2.60. The monoisotopic (exact) mass is 330 g/mol. The van der Waals surface area contributed by atoms with Crippen LogP contribution in [0.15, 0.2) is 18.3 Å². The maximum absolute atomic E-state index is 14.7. The predicted molar refractivity (Wildman–Crippen MR) is 85.1 cm³/mol. The Kier molecular flexibility index (Phi) is 3.33. The molecule has 2 aromatic heterocycles. The number of fused-ring (bicyclic) bond motifs is 5. The standard InChI is InChI=1S/C17H19FN4O2/c1-10-4-3-7-22-14(18)13(19-15(10)22)17(24)21-8-11-5-6-12(9-21)20(2)16(11)23/h3-4,7,11-12H,5-6,8-9H2,1-2H3/t11-,12+/m0/s1. The first-order valence-electron chi connectivity index (χ1n) is 8.16. The second-order valence-corrected chi connectivity index (χ2v) is 6.72. The number of carbonyl (C=O) groups is 2. The van der Waals surface area contributed by atoms with Gasteiger partial charge in [0.25, 0.3) is 5.91 Å². The number of carbonyl (C=O) groups excluding carboxylic acids is 2. The summed E-state index contributed by atoms with van der Waals surface area (Å²) in [5, 5.41) is 0. The molecular formula is C17H19FN4O2. The van der Waals surface area contributed by atoms with Crippen LogP contribution < -0.4 is 0 Å². The predicted octanol–water partition coefficient (Wildman–Crippen LogP) is 1.47. The van der Waals surface area contributed by atoms with Crippen LogP contribution in [-0.4, -0.2) is 57.2 Å². The minimum absolute atomic E-state index is 0.00188. The molecule has 0 saturated carbocycles. The summed E-state index contributed by atoms with van der Waals surface area (Å²) in [4.78, 5) is 32.7. The average Bonchev–Trinajstić information content (AvgIpc) is 2.73. The molecular weight excluding hydrogens is 311 g/mol. The van der Waals surface area contributed by atoms with E-state index in [0.29, 0.717) is 18.7 Å². The van der Waals surface area contributed by atoms with Crippen molar-refractivity contribution in [1.82, 2.24) is 19.2 Å². The van der Waals surface area contributed by atoms with Crippen LogP contribution in [0.25, 0.3) is 5.65 Å². The van der Waals surface area contributed by atoms with E-state index in [1.165, 1.54) is 4.40 Å². The molecule has 3 aliphatic heterocycles. The van der Waals surface area contributed by atoms with Crippen LogP contribution in [0, 0.1) is 18.8 Å². The zero-order valence-corrected chi connectivity index (χ0v) is 13.7. The first-order valence-corrected chi connectivity index (χ1v) is 8.16. The summed E-state index contributed by atoms with van der Waals surface area (Å²) in [5.41, 5.74) is 1.09. The topological polar surface area (TPSA) is 57.9 Å². The highest BCUT2D eigenvalue weighted by Crippen LogP contribution is 2.29. The van der Waals surface area contributed by atoms with Crippen LogP contribution >= 0.6 is 0 Å². The number of imidazole rings is 1. The molecule has 0 spiro atoms. The molecule has 0 radical (unpaired) electrons. The van der Waals surface area contributed by atoms with Crippen LogP contribution in [0.1, 0.15) is 28.9 Å². The molecule has 3 fully saturated rings. The van der Waals surface area contributed by atoms with E-state index in [0.717, 1.165) is 18.4 Å². The van der Waals surface area contributed by atoms with E-state index in [-0.39, 0.29) is 23.6 Å². The lowest BCUT2D eigenvalue weighted by atomic mass is 9.95. The van der Waals surface area contributed by atoms with E-state index >= 15 is 0 Å². The molecule has 0 unspecified atom stereocenters. The number of halogens is 1. The molecule has 2 aromatic rings. The van der Waals surface area contributed by atoms with Gasteiger partial charge in [-0.3, -0.25) is 14.0 Å². The number of aryl methyl sites for hydroxylation is 1. The van der Waals surface area contributed by atoms with E-state index in [1.807, 2.05) is 13.0 Å². The highest BCUT2D eigenvalue weighted by atomic mass is 19.1. The van der Waals surface area contributed by atoms with Crippen LogP contribution in [0.3, 0.4) is 0 Å². The molecule has 3 aliphatic rings. The van der Waals surface area contributed by atoms with Gasteiger partial charge < -0.3 is 9.80 Å². The summed E-state index contributed by atoms with van der Waals surface area (Å²) in [6, 6.07) is 3.55. The molecule has 126 valence electrons. The van der Waals surface area contributed by atoms with Gasteiger partial charge in [0.2, 0.25) is 11.9 Å². The molecule has 24 heavy (non-hydrogen) atoms. The van der Waals surface area contributed by atoms with Gasteiger partial charge in [-0.2, -0.15) is 4.39 Å². The summed E-state index contributed by atoms with van der Waals surface area (Å²) >= 11 is 0. The van der Waals surface area contributed by atoms with Crippen LogP contribution in [0.5, 0.6) is 0 Å². The fourth-order valence-electron chi connectivity index (χ4n) is 3.78. The van der Waals surface area contributed by atoms with Crippen molar-refractivity contribution in [2.45, 2.75) is 25.8 Å². The summed E-state index contributed by atoms with van der Waals surface area (Å²) in [5.74, 6) is -1.20. The molecule has 3 saturated heterocycles. The van der Waals surface area contributed by atoms with Gasteiger partial charge in [-0.25, -0.2) is 4.98 Å². The van der Waals surface area contributed by atoms with Crippen molar-refractivity contribution in [3.05, 3.63) is 35.5 Å². The summed E-state index contributed by atoms with van der Waals surface area (Å²) < 4.78 is 16.0.